The highest BCUT2D eigenvalue weighted by Gasteiger charge is 2.32. The third kappa shape index (κ3) is 5.26. The van der Waals surface area contributed by atoms with E-state index in [-0.39, 0.29) is 17.2 Å². The molecule has 0 saturated carbocycles. The third-order valence-electron chi connectivity index (χ3n) is 5.60. The fourth-order valence-corrected chi connectivity index (χ4v) is 5.00. The van der Waals surface area contributed by atoms with Gasteiger partial charge >= 0.3 is 5.97 Å². The number of amides is 2. The van der Waals surface area contributed by atoms with Gasteiger partial charge in [-0.3, -0.25) is 9.59 Å². The summed E-state index contributed by atoms with van der Waals surface area (Å²) in [5.41, 5.74) is 4.17. The summed E-state index contributed by atoms with van der Waals surface area (Å²) in [4.78, 5) is 39.0. The van der Waals surface area contributed by atoms with E-state index in [0.29, 0.717) is 34.1 Å². The minimum atomic E-state index is -0.466. The van der Waals surface area contributed by atoms with Crippen LogP contribution in [0.1, 0.15) is 42.8 Å². The van der Waals surface area contributed by atoms with Crippen LogP contribution in [0.5, 0.6) is 0 Å². The Hall–Kier alpha value is -3.29. The molecule has 0 unspecified atom stereocenters. The van der Waals surface area contributed by atoms with Gasteiger partial charge in [-0.1, -0.05) is 41.9 Å². The van der Waals surface area contributed by atoms with Crippen molar-refractivity contribution in [1.82, 2.24) is 4.90 Å². The summed E-state index contributed by atoms with van der Waals surface area (Å²) in [7, 11) is 1.31. The van der Waals surface area contributed by atoms with Crippen LogP contribution in [0.3, 0.4) is 0 Å². The molecule has 0 bridgehead atoms. The second kappa shape index (κ2) is 10.3. The first-order chi connectivity index (χ1) is 16.4. The number of rotatable bonds is 6. The average molecular weight is 495 g/mol. The first-order valence-electron chi connectivity index (χ1n) is 10.6. The number of carbonyl (C=O) groups excluding carboxylic acids is 3. The van der Waals surface area contributed by atoms with E-state index in [2.05, 4.69) is 5.32 Å². The lowest BCUT2D eigenvalue weighted by atomic mass is 10.1. The molecule has 34 heavy (non-hydrogen) atoms. The number of carbonyl (C=O) groups is 3. The van der Waals surface area contributed by atoms with E-state index in [1.54, 1.807) is 42.1 Å². The van der Waals surface area contributed by atoms with Crippen molar-refractivity contribution in [2.45, 2.75) is 18.8 Å². The Kier molecular flexibility index (Phi) is 7.24. The van der Waals surface area contributed by atoms with Crippen molar-refractivity contribution >= 4 is 46.8 Å². The number of halogens is 1. The summed E-state index contributed by atoms with van der Waals surface area (Å²) < 4.78 is 4.75. The molecule has 1 aliphatic heterocycles. The Morgan fingerprint density at radius 2 is 1.74 bits per heavy atom. The summed E-state index contributed by atoms with van der Waals surface area (Å²) in [6.07, 6.45) is 0. The third-order valence-corrected chi connectivity index (χ3v) is 7.11. The fourth-order valence-electron chi connectivity index (χ4n) is 3.68. The Morgan fingerprint density at radius 1 is 1.06 bits per heavy atom. The minimum absolute atomic E-state index is 0.0766. The normalized spacial score (nSPS) is 15.3. The largest absolute Gasteiger partial charge is 0.465 e. The van der Waals surface area contributed by atoms with Crippen LogP contribution in [-0.2, 0) is 16.1 Å². The first-order valence-corrected chi connectivity index (χ1v) is 12.0. The summed E-state index contributed by atoms with van der Waals surface area (Å²) in [5.74, 6) is -0.264. The highest BCUT2D eigenvalue weighted by molar-refractivity contribution is 8.00. The molecule has 1 aliphatic rings. The van der Waals surface area contributed by atoms with Crippen molar-refractivity contribution in [2.24, 2.45) is 0 Å². The van der Waals surface area contributed by atoms with Crippen molar-refractivity contribution in [1.29, 1.82) is 0 Å². The van der Waals surface area contributed by atoms with E-state index in [4.69, 9.17) is 16.3 Å². The number of nitrogens with one attached hydrogen (secondary N) is 1. The topological polar surface area (TPSA) is 75.7 Å². The predicted molar refractivity (Wildman–Crippen MR) is 134 cm³/mol. The van der Waals surface area contributed by atoms with E-state index < -0.39 is 5.97 Å². The molecular weight excluding hydrogens is 472 g/mol. The van der Waals surface area contributed by atoms with Gasteiger partial charge in [0.15, 0.2) is 0 Å². The SMILES string of the molecule is COC(=O)c1ccc(C)c(NC(=O)c2ccc([C@@H]3SCC(=O)N3Cc3ccc(Cl)cc3)cc2)c1. The zero-order valence-corrected chi connectivity index (χ0v) is 20.3. The molecule has 1 heterocycles. The quantitative estimate of drug-likeness (QED) is 0.460. The minimum Gasteiger partial charge on any atom is -0.465 e. The molecule has 3 aromatic carbocycles. The second-order valence-corrected chi connectivity index (χ2v) is 9.41. The first kappa shape index (κ1) is 23.9. The number of hydrogen-bond acceptors (Lipinski definition) is 5. The van der Waals surface area contributed by atoms with Crippen molar-refractivity contribution < 1.29 is 19.1 Å². The van der Waals surface area contributed by atoms with Crippen LogP contribution in [0.4, 0.5) is 5.69 Å². The highest BCUT2D eigenvalue weighted by atomic mass is 35.5. The molecule has 0 aromatic heterocycles. The van der Waals surface area contributed by atoms with E-state index in [0.717, 1.165) is 16.7 Å². The van der Waals surface area contributed by atoms with Gasteiger partial charge in [-0.15, -0.1) is 11.8 Å². The molecule has 174 valence electrons. The van der Waals surface area contributed by atoms with Gasteiger partial charge in [0.2, 0.25) is 5.91 Å². The van der Waals surface area contributed by atoms with Crippen LogP contribution in [0, 0.1) is 6.92 Å². The van der Waals surface area contributed by atoms with E-state index in [9.17, 15) is 14.4 Å². The van der Waals surface area contributed by atoms with Crippen molar-refractivity contribution in [2.75, 3.05) is 18.2 Å². The summed E-state index contributed by atoms with van der Waals surface area (Å²) in [5, 5.41) is 3.39. The molecule has 0 radical (unpaired) electrons. The Balaban J connectivity index is 1.48. The van der Waals surface area contributed by atoms with Crippen LogP contribution in [0.2, 0.25) is 5.02 Å². The van der Waals surface area contributed by atoms with Crippen LogP contribution in [0.15, 0.2) is 66.7 Å². The molecule has 8 heteroatoms. The number of thioether (sulfide) groups is 1. The molecule has 1 fully saturated rings. The zero-order chi connectivity index (χ0) is 24.2. The molecule has 1 N–H and O–H groups in total. The molecule has 2 amide bonds. The number of anilines is 1. The van der Waals surface area contributed by atoms with Crippen molar-refractivity contribution in [3.8, 4) is 0 Å². The summed E-state index contributed by atoms with van der Waals surface area (Å²) in [6.45, 7) is 2.34. The maximum atomic E-state index is 12.8. The monoisotopic (exact) mass is 494 g/mol. The number of benzene rings is 3. The molecule has 3 aromatic rings. The van der Waals surface area contributed by atoms with Gasteiger partial charge < -0.3 is 15.0 Å². The molecule has 6 nitrogen and oxygen atoms in total. The summed E-state index contributed by atoms with van der Waals surface area (Å²) >= 11 is 7.54. The van der Waals surface area contributed by atoms with E-state index >= 15 is 0 Å². The standard InChI is InChI=1S/C26H23ClN2O4S/c1-16-3-6-20(26(32)33-2)13-22(16)28-24(31)18-7-9-19(10-8-18)25-29(23(30)15-34-25)14-17-4-11-21(27)12-5-17/h3-13,25H,14-15H2,1-2H3,(H,28,31)/t25-/m0/s1. The van der Waals surface area contributed by atoms with Gasteiger partial charge in [0.25, 0.3) is 5.91 Å². The number of methoxy groups -OCH3 is 1. The van der Waals surface area contributed by atoms with Gasteiger partial charge in [-0.2, -0.15) is 0 Å². The Labute approximate surface area is 207 Å². The maximum Gasteiger partial charge on any atom is 0.337 e. The van der Waals surface area contributed by atoms with Crippen molar-refractivity contribution in [3.05, 3.63) is 99.6 Å². The van der Waals surface area contributed by atoms with Crippen LogP contribution in [0.25, 0.3) is 0 Å². The molecular formula is C26H23ClN2O4S. The lowest BCUT2D eigenvalue weighted by Gasteiger charge is -2.24. The summed E-state index contributed by atoms with van der Waals surface area (Å²) in [6, 6.07) is 19.7. The highest BCUT2D eigenvalue weighted by Crippen LogP contribution is 2.39. The molecule has 0 aliphatic carbocycles. The number of hydrogen-bond donors (Lipinski definition) is 1. The Morgan fingerprint density at radius 3 is 2.41 bits per heavy atom. The number of nitrogens with zero attached hydrogens (tertiary/aromatic N) is 1. The fraction of sp³-hybridized carbons (Fsp3) is 0.192. The smallest absolute Gasteiger partial charge is 0.337 e. The van der Waals surface area contributed by atoms with Gasteiger partial charge in [0.1, 0.15) is 5.37 Å². The van der Waals surface area contributed by atoms with Gasteiger partial charge in [-0.25, -0.2) is 4.79 Å². The number of esters is 1. The molecule has 4 rings (SSSR count). The number of ether oxygens (including phenoxy) is 1. The molecule has 1 saturated heterocycles. The average Bonchev–Trinajstić information content (AvgIpc) is 3.21. The number of aryl methyl sites for hydroxylation is 1. The predicted octanol–water partition coefficient (Wildman–Crippen LogP) is 5.46. The van der Waals surface area contributed by atoms with Crippen molar-refractivity contribution in [3.63, 3.8) is 0 Å². The van der Waals surface area contributed by atoms with E-state index in [1.807, 2.05) is 48.2 Å². The molecule has 0 spiro atoms. The maximum absolute atomic E-state index is 12.8. The van der Waals surface area contributed by atoms with Gasteiger partial charge in [0, 0.05) is 22.8 Å². The van der Waals surface area contributed by atoms with Gasteiger partial charge in [0.05, 0.1) is 18.4 Å². The van der Waals surface area contributed by atoms with Crippen LogP contribution < -0.4 is 5.32 Å². The lowest BCUT2D eigenvalue weighted by Crippen LogP contribution is -2.27. The Bertz CT molecular complexity index is 1230. The zero-order valence-electron chi connectivity index (χ0n) is 18.7. The van der Waals surface area contributed by atoms with Crippen LogP contribution in [-0.4, -0.2) is 35.5 Å². The molecule has 1 atom stereocenters. The van der Waals surface area contributed by atoms with Gasteiger partial charge in [-0.05, 0) is 60.0 Å². The van der Waals surface area contributed by atoms with Crippen LogP contribution >= 0.6 is 23.4 Å². The lowest BCUT2D eigenvalue weighted by molar-refractivity contribution is -0.128. The second-order valence-electron chi connectivity index (χ2n) is 7.91. The van der Waals surface area contributed by atoms with E-state index in [1.165, 1.54) is 7.11 Å².